The van der Waals surface area contributed by atoms with Crippen molar-refractivity contribution in [3.05, 3.63) is 35.4 Å². The molecule has 0 aliphatic rings. The zero-order chi connectivity index (χ0) is 15.0. The molecule has 1 atom stereocenters. The lowest BCUT2D eigenvalue weighted by atomic mass is 10.1. The molecular formula is C13H15N3O4. The van der Waals surface area contributed by atoms with Crippen molar-refractivity contribution in [2.75, 3.05) is 13.7 Å². The van der Waals surface area contributed by atoms with Crippen LogP contribution in [-0.4, -0.2) is 36.9 Å². The average molecular weight is 277 g/mol. The Labute approximate surface area is 116 Å². The third-order valence-corrected chi connectivity index (χ3v) is 2.47. The van der Waals surface area contributed by atoms with Crippen LogP contribution in [0.2, 0.25) is 0 Å². The fourth-order valence-electron chi connectivity index (χ4n) is 1.43. The van der Waals surface area contributed by atoms with E-state index in [2.05, 4.69) is 10.6 Å². The Morgan fingerprint density at radius 1 is 1.40 bits per heavy atom. The summed E-state index contributed by atoms with van der Waals surface area (Å²) in [6.07, 6.45) is 0. The van der Waals surface area contributed by atoms with Gasteiger partial charge in [0.2, 0.25) is 0 Å². The first-order valence-electron chi connectivity index (χ1n) is 5.82. The monoisotopic (exact) mass is 277 g/mol. The predicted molar refractivity (Wildman–Crippen MR) is 69.8 cm³/mol. The van der Waals surface area contributed by atoms with Gasteiger partial charge in [0, 0.05) is 13.7 Å². The molecule has 3 N–H and O–H groups in total. The molecule has 0 aliphatic heterocycles. The summed E-state index contributed by atoms with van der Waals surface area (Å²) in [5.41, 5.74) is 1.34. The summed E-state index contributed by atoms with van der Waals surface area (Å²) in [7, 11) is 1.35. The lowest BCUT2D eigenvalue weighted by Gasteiger charge is -2.14. The molecule has 0 spiro atoms. The topological polar surface area (TPSA) is 111 Å². The van der Waals surface area contributed by atoms with Crippen LogP contribution in [-0.2, 0) is 16.1 Å². The lowest BCUT2D eigenvalue weighted by molar-refractivity contribution is -0.140. The van der Waals surface area contributed by atoms with Gasteiger partial charge in [-0.2, -0.15) is 5.26 Å². The standard InChI is InChI=1S/C13H15N3O4/c1-20-8-11(12(17)18)16-13(19)15-7-10-4-2-9(6-14)3-5-10/h2-5,11H,7-8H2,1H3,(H,17,18)(H2,15,16,19). The van der Waals surface area contributed by atoms with E-state index in [1.165, 1.54) is 7.11 Å². The van der Waals surface area contributed by atoms with Gasteiger partial charge in [0.1, 0.15) is 0 Å². The van der Waals surface area contributed by atoms with Crippen LogP contribution in [0.3, 0.4) is 0 Å². The van der Waals surface area contributed by atoms with Gasteiger partial charge in [-0.3, -0.25) is 0 Å². The molecule has 1 aromatic rings. The normalized spacial score (nSPS) is 11.2. The first kappa shape index (κ1) is 15.5. The van der Waals surface area contributed by atoms with Gasteiger partial charge in [-0.25, -0.2) is 9.59 Å². The Hall–Kier alpha value is -2.59. The van der Waals surface area contributed by atoms with Gasteiger partial charge < -0.3 is 20.5 Å². The fraction of sp³-hybridized carbons (Fsp3) is 0.308. The third-order valence-electron chi connectivity index (χ3n) is 2.47. The van der Waals surface area contributed by atoms with Gasteiger partial charge in [0.05, 0.1) is 18.2 Å². The zero-order valence-corrected chi connectivity index (χ0v) is 10.9. The minimum absolute atomic E-state index is 0.111. The number of carbonyl (C=O) groups excluding carboxylic acids is 1. The van der Waals surface area contributed by atoms with E-state index in [9.17, 15) is 9.59 Å². The number of carboxylic acid groups (broad SMARTS) is 1. The van der Waals surface area contributed by atoms with Crippen molar-refractivity contribution in [3.8, 4) is 6.07 Å². The molecule has 1 aromatic carbocycles. The number of carbonyl (C=O) groups is 2. The number of nitrogens with zero attached hydrogens (tertiary/aromatic N) is 1. The zero-order valence-electron chi connectivity index (χ0n) is 10.9. The molecule has 1 rings (SSSR count). The van der Waals surface area contributed by atoms with E-state index in [1.54, 1.807) is 24.3 Å². The molecule has 0 radical (unpaired) electrons. The van der Waals surface area contributed by atoms with Crippen LogP contribution < -0.4 is 10.6 Å². The summed E-state index contributed by atoms with van der Waals surface area (Å²) in [6, 6.07) is 7.00. The van der Waals surface area contributed by atoms with E-state index in [1.807, 2.05) is 6.07 Å². The number of rotatable bonds is 6. The van der Waals surface area contributed by atoms with Crippen molar-refractivity contribution >= 4 is 12.0 Å². The van der Waals surface area contributed by atoms with Crippen LogP contribution in [0, 0.1) is 11.3 Å². The SMILES string of the molecule is COCC(NC(=O)NCc1ccc(C#N)cc1)C(=O)O. The van der Waals surface area contributed by atoms with Crippen molar-refractivity contribution in [1.82, 2.24) is 10.6 Å². The molecule has 0 fully saturated rings. The summed E-state index contributed by atoms with van der Waals surface area (Å²) < 4.78 is 4.70. The van der Waals surface area contributed by atoms with Crippen LogP contribution in [0.4, 0.5) is 4.79 Å². The van der Waals surface area contributed by atoms with E-state index < -0.39 is 18.0 Å². The molecule has 20 heavy (non-hydrogen) atoms. The molecule has 106 valence electrons. The van der Waals surface area contributed by atoms with E-state index in [0.717, 1.165) is 5.56 Å². The Morgan fingerprint density at radius 3 is 2.55 bits per heavy atom. The Morgan fingerprint density at radius 2 is 2.05 bits per heavy atom. The highest BCUT2D eigenvalue weighted by Gasteiger charge is 2.19. The maximum absolute atomic E-state index is 11.5. The quantitative estimate of drug-likeness (QED) is 0.699. The first-order valence-corrected chi connectivity index (χ1v) is 5.82. The van der Waals surface area contributed by atoms with E-state index >= 15 is 0 Å². The number of methoxy groups -OCH3 is 1. The van der Waals surface area contributed by atoms with Gasteiger partial charge in [-0.15, -0.1) is 0 Å². The highest BCUT2D eigenvalue weighted by Crippen LogP contribution is 2.02. The van der Waals surface area contributed by atoms with E-state index in [4.69, 9.17) is 15.1 Å². The molecule has 2 amide bonds. The molecule has 0 aliphatic carbocycles. The second kappa shape index (κ2) is 7.76. The maximum Gasteiger partial charge on any atom is 0.328 e. The van der Waals surface area contributed by atoms with Crippen molar-refractivity contribution < 1.29 is 19.4 Å². The summed E-state index contributed by atoms with van der Waals surface area (Å²) in [5.74, 6) is -1.17. The highest BCUT2D eigenvalue weighted by atomic mass is 16.5. The number of hydrogen-bond acceptors (Lipinski definition) is 4. The minimum atomic E-state index is -1.17. The molecule has 1 unspecified atom stereocenters. The smallest absolute Gasteiger partial charge is 0.328 e. The number of amides is 2. The minimum Gasteiger partial charge on any atom is -0.480 e. The van der Waals surface area contributed by atoms with Gasteiger partial charge >= 0.3 is 12.0 Å². The van der Waals surface area contributed by atoms with Crippen LogP contribution in [0.15, 0.2) is 24.3 Å². The van der Waals surface area contributed by atoms with Gasteiger partial charge in [0.15, 0.2) is 6.04 Å². The molecule has 0 bridgehead atoms. The Bertz CT molecular complexity index is 507. The molecule has 0 saturated carbocycles. The molecule has 0 saturated heterocycles. The van der Waals surface area contributed by atoms with Gasteiger partial charge in [-0.1, -0.05) is 12.1 Å². The Balaban J connectivity index is 2.46. The number of hydrogen-bond donors (Lipinski definition) is 3. The number of nitriles is 1. The summed E-state index contributed by atoms with van der Waals surface area (Å²) in [5, 5.41) is 22.3. The fourth-order valence-corrected chi connectivity index (χ4v) is 1.43. The molecule has 0 heterocycles. The molecule has 0 aromatic heterocycles. The number of ether oxygens (including phenoxy) is 1. The van der Waals surface area contributed by atoms with Crippen molar-refractivity contribution in [3.63, 3.8) is 0 Å². The number of urea groups is 1. The number of nitrogens with one attached hydrogen (secondary N) is 2. The van der Waals surface area contributed by atoms with Gasteiger partial charge in [-0.05, 0) is 17.7 Å². The number of aliphatic carboxylic acids is 1. The second-order valence-corrected chi connectivity index (χ2v) is 3.98. The van der Waals surface area contributed by atoms with Crippen LogP contribution in [0.5, 0.6) is 0 Å². The molecule has 7 heteroatoms. The van der Waals surface area contributed by atoms with E-state index in [0.29, 0.717) is 5.56 Å². The Kier molecular flexibility index (Phi) is 6.00. The van der Waals surface area contributed by atoms with Crippen LogP contribution in [0.25, 0.3) is 0 Å². The number of benzene rings is 1. The maximum atomic E-state index is 11.5. The summed E-state index contributed by atoms with van der Waals surface area (Å²) >= 11 is 0. The van der Waals surface area contributed by atoms with Gasteiger partial charge in [0.25, 0.3) is 0 Å². The molecule has 7 nitrogen and oxygen atoms in total. The summed E-state index contributed by atoms with van der Waals surface area (Å²) in [4.78, 5) is 22.4. The second-order valence-electron chi connectivity index (χ2n) is 3.98. The van der Waals surface area contributed by atoms with Crippen molar-refractivity contribution in [2.24, 2.45) is 0 Å². The highest BCUT2D eigenvalue weighted by molar-refractivity contribution is 5.82. The van der Waals surface area contributed by atoms with Crippen molar-refractivity contribution in [1.29, 1.82) is 5.26 Å². The molecular weight excluding hydrogens is 262 g/mol. The predicted octanol–water partition coefficient (Wildman–Crippen LogP) is 0.457. The largest absolute Gasteiger partial charge is 0.480 e. The number of carboxylic acids is 1. The van der Waals surface area contributed by atoms with E-state index in [-0.39, 0.29) is 13.2 Å². The lowest BCUT2D eigenvalue weighted by Crippen LogP contribution is -2.48. The van der Waals surface area contributed by atoms with Crippen LogP contribution >= 0.6 is 0 Å². The van der Waals surface area contributed by atoms with Crippen LogP contribution in [0.1, 0.15) is 11.1 Å². The third kappa shape index (κ3) is 4.96. The summed E-state index contributed by atoms with van der Waals surface area (Å²) in [6.45, 7) is 0.122. The first-order chi connectivity index (χ1) is 9.56. The average Bonchev–Trinajstić information content (AvgIpc) is 2.45. The van der Waals surface area contributed by atoms with Crippen molar-refractivity contribution in [2.45, 2.75) is 12.6 Å².